The summed E-state index contributed by atoms with van der Waals surface area (Å²) >= 11 is 0. The Morgan fingerprint density at radius 1 is 1.45 bits per heavy atom. The summed E-state index contributed by atoms with van der Waals surface area (Å²) < 4.78 is 5.76. The Kier molecular flexibility index (Phi) is 2.90. The summed E-state index contributed by atoms with van der Waals surface area (Å²) in [5, 5.41) is 0.0122. The smallest absolute Gasteiger partial charge is 0.0745 e. The average molecular weight is 169 g/mol. The SMILES string of the molecule is [CH]=CC1([SiH](C)C)CCCCO1. The van der Waals surface area contributed by atoms with E-state index in [-0.39, 0.29) is 5.22 Å². The van der Waals surface area contributed by atoms with Crippen molar-refractivity contribution < 1.29 is 4.74 Å². The molecule has 1 nitrogen and oxygen atoms in total. The molecule has 2 heteroatoms. The molecule has 11 heavy (non-hydrogen) atoms. The molecule has 0 spiro atoms. The van der Waals surface area contributed by atoms with E-state index in [1.807, 2.05) is 0 Å². The van der Waals surface area contributed by atoms with Crippen molar-refractivity contribution in [1.29, 1.82) is 0 Å². The Hall–Kier alpha value is -0.0831. The van der Waals surface area contributed by atoms with Crippen molar-refractivity contribution in [2.24, 2.45) is 0 Å². The molecule has 0 amide bonds. The fourth-order valence-corrected chi connectivity index (χ4v) is 3.23. The molecule has 1 radical (unpaired) electrons. The molecule has 0 bridgehead atoms. The molecular weight excluding hydrogens is 152 g/mol. The average Bonchev–Trinajstić information content (AvgIpc) is 2.05. The van der Waals surface area contributed by atoms with Crippen molar-refractivity contribution >= 4 is 8.80 Å². The maximum Gasteiger partial charge on any atom is 0.0745 e. The molecule has 63 valence electrons. The van der Waals surface area contributed by atoms with Crippen LogP contribution in [0, 0.1) is 6.58 Å². The summed E-state index contributed by atoms with van der Waals surface area (Å²) in [6.45, 7) is 11.1. The highest BCUT2D eigenvalue weighted by atomic mass is 28.3. The van der Waals surface area contributed by atoms with Crippen LogP contribution in [0.4, 0.5) is 0 Å². The third kappa shape index (κ3) is 1.74. The van der Waals surface area contributed by atoms with Crippen LogP contribution in [0.5, 0.6) is 0 Å². The third-order valence-corrected chi connectivity index (χ3v) is 5.19. The molecule has 0 aromatic carbocycles. The van der Waals surface area contributed by atoms with Gasteiger partial charge in [-0.1, -0.05) is 25.7 Å². The van der Waals surface area contributed by atoms with Crippen LogP contribution in [0.2, 0.25) is 13.1 Å². The largest absolute Gasteiger partial charge is 0.375 e. The molecule has 0 aliphatic carbocycles. The summed E-state index contributed by atoms with van der Waals surface area (Å²) in [6, 6.07) is 0. The van der Waals surface area contributed by atoms with Gasteiger partial charge in [0.05, 0.1) is 14.0 Å². The van der Waals surface area contributed by atoms with E-state index in [9.17, 15) is 0 Å². The van der Waals surface area contributed by atoms with E-state index < -0.39 is 8.80 Å². The molecule has 1 unspecified atom stereocenters. The minimum absolute atomic E-state index is 0.0122. The third-order valence-electron chi connectivity index (χ3n) is 2.59. The minimum atomic E-state index is -0.790. The van der Waals surface area contributed by atoms with Crippen LogP contribution in [0.25, 0.3) is 0 Å². The van der Waals surface area contributed by atoms with Gasteiger partial charge in [0, 0.05) is 6.61 Å². The Labute approximate surface area is 71.1 Å². The molecule has 0 saturated carbocycles. The van der Waals surface area contributed by atoms with Crippen molar-refractivity contribution in [2.75, 3.05) is 6.61 Å². The van der Waals surface area contributed by atoms with Gasteiger partial charge in [-0.3, -0.25) is 0 Å². The van der Waals surface area contributed by atoms with Crippen LogP contribution in [0.1, 0.15) is 19.3 Å². The quantitative estimate of drug-likeness (QED) is 0.574. The fraction of sp³-hybridized carbons (Fsp3) is 0.778. The van der Waals surface area contributed by atoms with Gasteiger partial charge < -0.3 is 4.74 Å². The van der Waals surface area contributed by atoms with Crippen LogP contribution in [-0.4, -0.2) is 20.6 Å². The number of ether oxygens (including phenoxy) is 1. The van der Waals surface area contributed by atoms with Gasteiger partial charge in [-0.2, -0.15) is 0 Å². The topological polar surface area (TPSA) is 9.23 Å². The van der Waals surface area contributed by atoms with E-state index in [0.717, 1.165) is 13.0 Å². The minimum Gasteiger partial charge on any atom is -0.375 e. The number of rotatable bonds is 2. The van der Waals surface area contributed by atoms with Crippen LogP contribution in [0.3, 0.4) is 0 Å². The first-order valence-electron chi connectivity index (χ1n) is 4.41. The maximum absolute atomic E-state index is 5.76. The van der Waals surface area contributed by atoms with Gasteiger partial charge >= 0.3 is 0 Å². The summed E-state index contributed by atoms with van der Waals surface area (Å²) in [5.41, 5.74) is 0. The Bertz CT molecular complexity index is 136. The second-order valence-corrected chi connectivity index (χ2v) is 6.87. The van der Waals surface area contributed by atoms with E-state index in [0.29, 0.717) is 0 Å². The van der Waals surface area contributed by atoms with Gasteiger partial charge in [0.15, 0.2) is 0 Å². The van der Waals surface area contributed by atoms with Gasteiger partial charge in [-0.05, 0) is 19.3 Å². The molecule has 1 saturated heterocycles. The molecule has 0 aromatic rings. The molecule has 1 fully saturated rings. The second-order valence-electron chi connectivity index (χ2n) is 3.58. The zero-order chi connectivity index (χ0) is 8.32. The van der Waals surface area contributed by atoms with E-state index in [1.54, 1.807) is 6.08 Å². The lowest BCUT2D eigenvalue weighted by Gasteiger charge is -2.37. The highest BCUT2D eigenvalue weighted by molar-refractivity contribution is 6.59. The molecule has 1 aliphatic rings. The molecule has 1 heterocycles. The van der Waals surface area contributed by atoms with E-state index in [2.05, 4.69) is 13.1 Å². The van der Waals surface area contributed by atoms with Gasteiger partial charge in [-0.15, -0.1) is 0 Å². The summed E-state index contributed by atoms with van der Waals surface area (Å²) in [6.07, 6.45) is 5.42. The molecule has 0 aromatic heterocycles. The predicted octanol–water partition coefficient (Wildman–Crippen LogP) is 1.94. The van der Waals surface area contributed by atoms with Crippen molar-refractivity contribution in [1.82, 2.24) is 0 Å². The van der Waals surface area contributed by atoms with E-state index in [4.69, 9.17) is 11.3 Å². The standard InChI is InChI=1S/C9H17OSi/c1-4-9(11(2)3)7-5-6-8-10-9/h1,4,11H,5-8H2,2-3H3. The first kappa shape index (κ1) is 9.01. The van der Waals surface area contributed by atoms with Gasteiger partial charge in [0.2, 0.25) is 0 Å². The van der Waals surface area contributed by atoms with Crippen LogP contribution >= 0.6 is 0 Å². The van der Waals surface area contributed by atoms with Crippen molar-refractivity contribution in [3.05, 3.63) is 12.7 Å². The zero-order valence-corrected chi connectivity index (χ0v) is 8.62. The lowest BCUT2D eigenvalue weighted by atomic mass is 10.1. The highest BCUT2D eigenvalue weighted by Crippen LogP contribution is 2.28. The normalized spacial score (nSPS) is 32.3. The second kappa shape index (κ2) is 3.54. The summed E-state index contributed by atoms with van der Waals surface area (Å²) in [7, 11) is -0.790. The predicted molar refractivity (Wildman–Crippen MR) is 50.3 cm³/mol. The summed E-state index contributed by atoms with van der Waals surface area (Å²) in [4.78, 5) is 0. The van der Waals surface area contributed by atoms with Gasteiger partial charge in [0.25, 0.3) is 0 Å². The molecule has 1 rings (SSSR count). The molecular formula is C9H17OSi. The fourth-order valence-electron chi connectivity index (χ4n) is 1.62. The number of hydrogen-bond donors (Lipinski definition) is 0. The first-order valence-corrected chi connectivity index (χ1v) is 7.30. The van der Waals surface area contributed by atoms with Crippen molar-refractivity contribution in [2.45, 2.75) is 37.6 Å². The lowest BCUT2D eigenvalue weighted by Crippen LogP contribution is -2.45. The molecule has 0 N–H and O–H groups in total. The van der Waals surface area contributed by atoms with Crippen LogP contribution in [0.15, 0.2) is 6.08 Å². The van der Waals surface area contributed by atoms with Gasteiger partial charge in [-0.25, -0.2) is 0 Å². The van der Waals surface area contributed by atoms with Crippen LogP contribution in [-0.2, 0) is 4.74 Å². The Morgan fingerprint density at radius 3 is 2.45 bits per heavy atom. The van der Waals surface area contributed by atoms with Crippen LogP contribution < -0.4 is 0 Å². The first-order chi connectivity index (χ1) is 5.21. The van der Waals surface area contributed by atoms with Crippen molar-refractivity contribution in [3.8, 4) is 0 Å². The number of hydrogen-bond acceptors (Lipinski definition) is 1. The van der Waals surface area contributed by atoms with Crippen molar-refractivity contribution in [3.63, 3.8) is 0 Å². The van der Waals surface area contributed by atoms with E-state index in [1.165, 1.54) is 12.8 Å². The lowest BCUT2D eigenvalue weighted by molar-refractivity contribution is 0.0104. The maximum atomic E-state index is 5.76. The summed E-state index contributed by atoms with van der Waals surface area (Å²) in [5.74, 6) is 0. The van der Waals surface area contributed by atoms with Gasteiger partial charge in [0.1, 0.15) is 0 Å². The monoisotopic (exact) mass is 169 g/mol. The molecule has 1 aliphatic heterocycles. The Morgan fingerprint density at radius 2 is 2.18 bits per heavy atom. The zero-order valence-electron chi connectivity index (χ0n) is 7.47. The highest BCUT2D eigenvalue weighted by Gasteiger charge is 2.33. The Balaban J connectivity index is 2.64. The van der Waals surface area contributed by atoms with E-state index >= 15 is 0 Å². The molecule has 1 atom stereocenters.